The topological polar surface area (TPSA) is 28.7 Å². The lowest BCUT2D eigenvalue weighted by molar-refractivity contribution is 0.627. The number of H-pyrrole nitrogens is 1. The molecule has 0 saturated carbocycles. The zero-order valence-corrected chi connectivity index (χ0v) is 8.94. The molecule has 1 aromatic heterocycles. The molecule has 0 aliphatic rings. The smallest absolute Gasteiger partial charge is 0.123 e. The quantitative estimate of drug-likeness (QED) is 0.747. The van der Waals surface area contributed by atoms with E-state index in [1.165, 1.54) is 12.1 Å². The minimum absolute atomic E-state index is 0.237. The Bertz CT molecular complexity index is 548. The molecule has 0 radical (unpaired) electrons. The number of hydrogen-bond acceptors (Lipinski definition) is 2. The Morgan fingerprint density at radius 3 is 2.80 bits per heavy atom. The molecule has 2 rings (SSSR count). The molecule has 0 bridgehead atoms. The second-order valence-electron chi connectivity index (χ2n) is 3.27. The Balaban J connectivity index is 2.59. The summed E-state index contributed by atoms with van der Waals surface area (Å²) in [5.41, 5.74) is 2.57. The highest BCUT2D eigenvalue weighted by Crippen LogP contribution is 2.20. The van der Waals surface area contributed by atoms with E-state index >= 15 is 0 Å². The summed E-state index contributed by atoms with van der Waals surface area (Å²) in [6, 6.07) is 4.62. The lowest BCUT2D eigenvalue weighted by Crippen LogP contribution is -1.89. The lowest BCUT2D eigenvalue weighted by atomic mass is 10.1. The molecule has 15 heavy (non-hydrogen) atoms. The van der Waals surface area contributed by atoms with E-state index in [4.69, 9.17) is 12.2 Å². The van der Waals surface area contributed by atoms with Gasteiger partial charge in [0.1, 0.15) is 10.5 Å². The highest BCUT2D eigenvalue weighted by atomic mass is 32.1. The average Bonchev–Trinajstić information content (AvgIpc) is 2.17. The fourth-order valence-electron chi connectivity index (χ4n) is 1.44. The number of rotatable bonds is 1. The van der Waals surface area contributed by atoms with Crippen molar-refractivity contribution in [3.8, 4) is 11.3 Å². The van der Waals surface area contributed by atoms with Gasteiger partial charge in [0.15, 0.2) is 0 Å². The highest BCUT2D eigenvalue weighted by Gasteiger charge is 2.03. The molecule has 0 aliphatic carbocycles. The van der Waals surface area contributed by atoms with E-state index < -0.39 is 0 Å². The molecule has 0 atom stereocenters. The van der Waals surface area contributed by atoms with Crippen molar-refractivity contribution in [1.82, 2.24) is 9.97 Å². The summed E-state index contributed by atoms with van der Waals surface area (Å²) in [5, 5.41) is 0. The maximum atomic E-state index is 12.9. The van der Waals surface area contributed by atoms with E-state index in [0.29, 0.717) is 4.64 Å². The van der Waals surface area contributed by atoms with Gasteiger partial charge in [-0.05, 0) is 30.7 Å². The van der Waals surface area contributed by atoms with Crippen LogP contribution in [0.5, 0.6) is 0 Å². The van der Waals surface area contributed by atoms with E-state index in [-0.39, 0.29) is 5.82 Å². The molecular weight excluding hydrogens is 211 g/mol. The van der Waals surface area contributed by atoms with Gasteiger partial charge in [-0.15, -0.1) is 0 Å². The van der Waals surface area contributed by atoms with Crippen molar-refractivity contribution < 1.29 is 4.39 Å². The molecular formula is C11H9FN2S. The molecule has 1 heterocycles. The van der Waals surface area contributed by atoms with Crippen LogP contribution < -0.4 is 0 Å². The SMILES string of the molecule is Cc1cc(F)ccc1-c1cncc(=S)[nH]1. The highest BCUT2D eigenvalue weighted by molar-refractivity contribution is 7.71. The molecule has 0 fully saturated rings. The third-order valence-corrected chi connectivity index (χ3v) is 2.34. The first-order valence-corrected chi connectivity index (χ1v) is 4.88. The third kappa shape index (κ3) is 2.10. The maximum Gasteiger partial charge on any atom is 0.123 e. The average molecular weight is 220 g/mol. The van der Waals surface area contributed by atoms with Gasteiger partial charge >= 0.3 is 0 Å². The van der Waals surface area contributed by atoms with Crippen LogP contribution in [0.1, 0.15) is 5.56 Å². The second kappa shape index (κ2) is 3.90. The van der Waals surface area contributed by atoms with E-state index in [1.807, 2.05) is 6.92 Å². The second-order valence-corrected chi connectivity index (χ2v) is 3.71. The molecule has 2 aromatic rings. The molecule has 0 aliphatic heterocycles. The molecule has 0 saturated heterocycles. The predicted molar refractivity (Wildman–Crippen MR) is 59.6 cm³/mol. The predicted octanol–water partition coefficient (Wildman–Crippen LogP) is 3.25. The minimum atomic E-state index is -0.237. The van der Waals surface area contributed by atoms with Gasteiger partial charge in [0.05, 0.1) is 18.1 Å². The lowest BCUT2D eigenvalue weighted by Gasteiger charge is -2.05. The molecule has 0 amide bonds. The number of halogens is 1. The Morgan fingerprint density at radius 1 is 1.33 bits per heavy atom. The molecule has 76 valence electrons. The summed E-state index contributed by atoms with van der Waals surface area (Å²) in [6.45, 7) is 1.85. The molecule has 4 heteroatoms. The van der Waals surface area contributed by atoms with Crippen molar-refractivity contribution in [2.45, 2.75) is 6.92 Å². The van der Waals surface area contributed by atoms with Crippen molar-refractivity contribution in [1.29, 1.82) is 0 Å². The Labute approximate surface area is 91.8 Å². The van der Waals surface area contributed by atoms with Gasteiger partial charge in [0.2, 0.25) is 0 Å². The van der Waals surface area contributed by atoms with Crippen LogP contribution >= 0.6 is 12.2 Å². The van der Waals surface area contributed by atoms with Crippen LogP contribution in [0.3, 0.4) is 0 Å². The number of hydrogen-bond donors (Lipinski definition) is 1. The zero-order valence-electron chi connectivity index (χ0n) is 8.12. The monoisotopic (exact) mass is 220 g/mol. The fourth-order valence-corrected chi connectivity index (χ4v) is 1.61. The van der Waals surface area contributed by atoms with Crippen molar-refractivity contribution >= 4 is 12.2 Å². The van der Waals surface area contributed by atoms with Crippen molar-refractivity contribution in [3.05, 3.63) is 46.6 Å². The van der Waals surface area contributed by atoms with Crippen LogP contribution in [0.4, 0.5) is 4.39 Å². The van der Waals surface area contributed by atoms with Crippen LogP contribution in [0.2, 0.25) is 0 Å². The van der Waals surface area contributed by atoms with Gasteiger partial charge in [-0.2, -0.15) is 0 Å². The van der Waals surface area contributed by atoms with Crippen LogP contribution in [0.25, 0.3) is 11.3 Å². The number of nitrogens with one attached hydrogen (secondary N) is 1. The van der Waals surface area contributed by atoms with Crippen molar-refractivity contribution in [3.63, 3.8) is 0 Å². The molecule has 2 nitrogen and oxygen atoms in total. The third-order valence-electron chi connectivity index (χ3n) is 2.13. The van der Waals surface area contributed by atoms with Crippen molar-refractivity contribution in [2.75, 3.05) is 0 Å². The van der Waals surface area contributed by atoms with Gasteiger partial charge in [-0.25, -0.2) is 4.39 Å². The van der Waals surface area contributed by atoms with E-state index in [1.54, 1.807) is 18.5 Å². The summed E-state index contributed by atoms with van der Waals surface area (Å²) >= 11 is 4.98. The minimum Gasteiger partial charge on any atom is -0.344 e. The maximum absolute atomic E-state index is 12.9. The number of aromatic nitrogens is 2. The first kappa shape index (κ1) is 9.98. The van der Waals surface area contributed by atoms with Crippen LogP contribution in [0.15, 0.2) is 30.6 Å². The summed E-state index contributed by atoms with van der Waals surface area (Å²) < 4.78 is 13.5. The van der Waals surface area contributed by atoms with Crippen molar-refractivity contribution in [2.24, 2.45) is 0 Å². The van der Waals surface area contributed by atoms with E-state index in [2.05, 4.69) is 9.97 Å². The standard InChI is InChI=1S/C11H9FN2S/c1-7-4-8(12)2-3-9(7)10-5-13-6-11(15)14-10/h2-6H,1H3,(H,14,15). The molecule has 0 unspecified atom stereocenters. The fraction of sp³-hybridized carbons (Fsp3) is 0.0909. The first-order valence-electron chi connectivity index (χ1n) is 4.47. The summed E-state index contributed by atoms with van der Waals surface area (Å²) in [4.78, 5) is 7.01. The van der Waals surface area contributed by atoms with Crippen LogP contribution in [-0.4, -0.2) is 9.97 Å². The van der Waals surface area contributed by atoms with E-state index in [9.17, 15) is 4.39 Å². The van der Waals surface area contributed by atoms with Gasteiger partial charge in [0, 0.05) is 5.56 Å². The van der Waals surface area contributed by atoms with Gasteiger partial charge < -0.3 is 4.98 Å². The van der Waals surface area contributed by atoms with Crippen LogP contribution in [-0.2, 0) is 0 Å². The van der Waals surface area contributed by atoms with Crippen LogP contribution in [0, 0.1) is 17.4 Å². The Kier molecular flexibility index (Phi) is 2.60. The summed E-state index contributed by atoms with van der Waals surface area (Å²) in [6.07, 6.45) is 3.24. The zero-order chi connectivity index (χ0) is 10.8. The number of aromatic amines is 1. The molecule has 0 spiro atoms. The first-order chi connectivity index (χ1) is 7.16. The van der Waals surface area contributed by atoms with Gasteiger partial charge in [0.25, 0.3) is 0 Å². The van der Waals surface area contributed by atoms with Gasteiger partial charge in [-0.1, -0.05) is 12.2 Å². The number of aryl methyl sites for hydroxylation is 1. The van der Waals surface area contributed by atoms with E-state index in [0.717, 1.165) is 16.8 Å². The number of benzene rings is 1. The molecule has 1 aromatic carbocycles. The van der Waals surface area contributed by atoms with Gasteiger partial charge in [-0.3, -0.25) is 4.98 Å². The Morgan fingerprint density at radius 2 is 2.13 bits per heavy atom. The summed E-state index contributed by atoms with van der Waals surface area (Å²) in [7, 11) is 0. The molecule has 1 N–H and O–H groups in total. The normalized spacial score (nSPS) is 10.3. The number of nitrogens with zero attached hydrogens (tertiary/aromatic N) is 1. The summed E-state index contributed by atoms with van der Waals surface area (Å²) in [5.74, 6) is -0.237. The Hall–Kier alpha value is -1.55. The largest absolute Gasteiger partial charge is 0.344 e.